The van der Waals surface area contributed by atoms with Crippen LogP contribution in [0.5, 0.6) is 23.0 Å². The molecule has 0 spiro atoms. The molecule has 1 aromatic heterocycles. The lowest BCUT2D eigenvalue weighted by atomic mass is 9.99. The monoisotopic (exact) mass is 341 g/mol. The first-order valence-electron chi connectivity index (χ1n) is 7.64. The Labute approximate surface area is 144 Å². The van der Waals surface area contributed by atoms with Gasteiger partial charge in [-0.15, -0.1) is 0 Å². The molecule has 3 rings (SSSR count). The van der Waals surface area contributed by atoms with Crippen LogP contribution in [0.25, 0.3) is 22.0 Å². The molecule has 1 N–H and O–H groups in total. The van der Waals surface area contributed by atoms with Crippen LogP contribution in [0.3, 0.4) is 0 Å². The molecule has 0 aliphatic heterocycles. The van der Waals surface area contributed by atoms with Crippen LogP contribution in [0.2, 0.25) is 0 Å². The number of fused-ring (bicyclic) bond motifs is 1. The van der Waals surface area contributed by atoms with Crippen molar-refractivity contribution >= 4 is 10.9 Å². The van der Waals surface area contributed by atoms with Crippen molar-refractivity contribution in [1.82, 2.24) is 4.98 Å². The number of benzene rings is 2. The minimum Gasteiger partial charge on any atom is -0.496 e. The number of ether oxygens (including phenoxy) is 4. The van der Waals surface area contributed by atoms with Gasteiger partial charge < -0.3 is 23.9 Å². The first kappa shape index (κ1) is 16.7. The maximum absolute atomic E-state index is 12.2. The topological polar surface area (TPSA) is 69.8 Å². The van der Waals surface area contributed by atoms with Gasteiger partial charge in [0.2, 0.25) is 11.3 Å². The van der Waals surface area contributed by atoms with Crippen molar-refractivity contribution in [2.24, 2.45) is 0 Å². The number of nitrogens with one attached hydrogen (secondary N) is 1. The fourth-order valence-electron chi connectivity index (χ4n) is 2.97. The number of rotatable bonds is 5. The molecule has 25 heavy (non-hydrogen) atoms. The summed E-state index contributed by atoms with van der Waals surface area (Å²) >= 11 is 0. The highest BCUT2D eigenvalue weighted by Crippen LogP contribution is 2.46. The SMILES string of the molecule is COc1ccccc1-c1cc(=O)[nH]c2cc(OC)c(OC)c(OC)c12. The Bertz CT molecular complexity index is 977. The van der Waals surface area contributed by atoms with E-state index in [0.29, 0.717) is 39.5 Å². The van der Waals surface area contributed by atoms with Gasteiger partial charge in [-0.3, -0.25) is 4.79 Å². The molecular formula is C19H19NO5. The summed E-state index contributed by atoms with van der Waals surface area (Å²) in [6.07, 6.45) is 0. The van der Waals surface area contributed by atoms with Crippen LogP contribution >= 0.6 is 0 Å². The maximum atomic E-state index is 12.2. The molecule has 3 aromatic rings. The molecule has 0 unspecified atom stereocenters. The molecule has 0 amide bonds. The Morgan fingerprint density at radius 1 is 0.760 bits per heavy atom. The molecule has 0 fully saturated rings. The molecule has 0 aliphatic carbocycles. The van der Waals surface area contributed by atoms with E-state index in [0.717, 1.165) is 5.56 Å². The van der Waals surface area contributed by atoms with Gasteiger partial charge in [0.15, 0.2) is 11.5 Å². The van der Waals surface area contributed by atoms with Crippen LogP contribution in [-0.2, 0) is 0 Å². The number of hydrogen-bond donors (Lipinski definition) is 1. The molecule has 1 heterocycles. The van der Waals surface area contributed by atoms with Crippen molar-refractivity contribution in [3.63, 3.8) is 0 Å². The fraction of sp³-hybridized carbons (Fsp3) is 0.211. The first-order chi connectivity index (χ1) is 12.1. The van der Waals surface area contributed by atoms with Gasteiger partial charge in [0.1, 0.15) is 5.75 Å². The molecule has 0 saturated heterocycles. The number of pyridine rings is 1. The lowest BCUT2D eigenvalue weighted by Gasteiger charge is -2.17. The molecule has 0 aliphatic rings. The van der Waals surface area contributed by atoms with Crippen LogP contribution in [0.4, 0.5) is 0 Å². The number of H-pyrrole nitrogens is 1. The average Bonchev–Trinajstić information content (AvgIpc) is 2.65. The fourth-order valence-corrected chi connectivity index (χ4v) is 2.97. The lowest BCUT2D eigenvalue weighted by Crippen LogP contribution is -2.07. The summed E-state index contributed by atoms with van der Waals surface area (Å²) in [6, 6.07) is 10.7. The quantitative estimate of drug-likeness (QED) is 0.771. The summed E-state index contributed by atoms with van der Waals surface area (Å²) in [7, 11) is 6.22. The van der Waals surface area contributed by atoms with E-state index < -0.39 is 0 Å². The number of para-hydroxylation sites is 1. The summed E-state index contributed by atoms with van der Waals surface area (Å²) in [6.45, 7) is 0. The lowest BCUT2D eigenvalue weighted by molar-refractivity contribution is 0.327. The normalized spacial score (nSPS) is 10.6. The Morgan fingerprint density at radius 3 is 2.08 bits per heavy atom. The second kappa shape index (κ2) is 6.76. The molecule has 6 heteroatoms. The number of methoxy groups -OCH3 is 4. The van der Waals surface area contributed by atoms with E-state index in [9.17, 15) is 4.79 Å². The highest BCUT2D eigenvalue weighted by atomic mass is 16.5. The minimum atomic E-state index is -0.234. The summed E-state index contributed by atoms with van der Waals surface area (Å²) in [5.74, 6) is 2.07. The molecule has 0 atom stereocenters. The van der Waals surface area contributed by atoms with Crippen molar-refractivity contribution in [1.29, 1.82) is 0 Å². The van der Waals surface area contributed by atoms with E-state index in [4.69, 9.17) is 18.9 Å². The Kier molecular flexibility index (Phi) is 4.52. The van der Waals surface area contributed by atoms with Crippen LogP contribution in [-0.4, -0.2) is 33.4 Å². The molecule has 0 saturated carbocycles. The predicted molar refractivity (Wildman–Crippen MR) is 96.2 cm³/mol. The van der Waals surface area contributed by atoms with E-state index >= 15 is 0 Å². The van der Waals surface area contributed by atoms with Crippen molar-refractivity contribution in [2.45, 2.75) is 0 Å². The Morgan fingerprint density at radius 2 is 1.44 bits per heavy atom. The zero-order valence-corrected chi connectivity index (χ0v) is 14.5. The third-order valence-electron chi connectivity index (χ3n) is 4.03. The Hall–Kier alpha value is -3.15. The van der Waals surface area contributed by atoms with E-state index in [2.05, 4.69) is 4.98 Å². The molecular weight excluding hydrogens is 322 g/mol. The third-order valence-corrected chi connectivity index (χ3v) is 4.03. The Balaban J connectivity index is 2.49. The van der Waals surface area contributed by atoms with Crippen LogP contribution in [0.15, 0.2) is 41.2 Å². The molecule has 130 valence electrons. The van der Waals surface area contributed by atoms with E-state index in [-0.39, 0.29) is 5.56 Å². The molecule has 0 radical (unpaired) electrons. The van der Waals surface area contributed by atoms with Crippen molar-refractivity contribution < 1.29 is 18.9 Å². The van der Waals surface area contributed by atoms with Gasteiger partial charge in [0.25, 0.3) is 0 Å². The number of aromatic nitrogens is 1. The second-order valence-corrected chi connectivity index (χ2v) is 5.32. The zero-order chi connectivity index (χ0) is 18.0. The second-order valence-electron chi connectivity index (χ2n) is 5.32. The number of aromatic amines is 1. The van der Waals surface area contributed by atoms with Crippen LogP contribution in [0, 0.1) is 0 Å². The highest BCUT2D eigenvalue weighted by molar-refractivity contribution is 6.02. The minimum absolute atomic E-state index is 0.234. The summed E-state index contributed by atoms with van der Waals surface area (Å²) < 4.78 is 21.9. The molecule has 2 aromatic carbocycles. The highest BCUT2D eigenvalue weighted by Gasteiger charge is 2.21. The predicted octanol–water partition coefficient (Wildman–Crippen LogP) is 3.23. The van der Waals surface area contributed by atoms with Crippen molar-refractivity contribution in [3.05, 3.63) is 46.8 Å². The molecule has 0 bridgehead atoms. The molecule has 6 nitrogen and oxygen atoms in total. The zero-order valence-electron chi connectivity index (χ0n) is 14.5. The van der Waals surface area contributed by atoms with Gasteiger partial charge in [-0.05, 0) is 6.07 Å². The van der Waals surface area contributed by atoms with Gasteiger partial charge in [-0.25, -0.2) is 0 Å². The largest absolute Gasteiger partial charge is 0.496 e. The van der Waals surface area contributed by atoms with Gasteiger partial charge in [0.05, 0.1) is 39.3 Å². The summed E-state index contributed by atoms with van der Waals surface area (Å²) in [4.78, 5) is 15.0. The van der Waals surface area contributed by atoms with E-state index in [1.807, 2.05) is 24.3 Å². The van der Waals surface area contributed by atoms with E-state index in [1.165, 1.54) is 13.2 Å². The van der Waals surface area contributed by atoms with Crippen LogP contribution < -0.4 is 24.5 Å². The van der Waals surface area contributed by atoms with Crippen molar-refractivity contribution in [2.75, 3.05) is 28.4 Å². The van der Waals surface area contributed by atoms with Crippen LogP contribution in [0.1, 0.15) is 0 Å². The smallest absolute Gasteiger partial charge is 0.249 e. The third kappa shape index (κ3) is 2.76. The first-order valence-corrected chi connectivity index (χ1v) is 7.64. The van der Waals surface area contributed by atoms with E-state index in [1.54, 1.807) is 27.4 Å². The van der Waals surface area contributed by atoms with Gasteiger partial charge in [-0.2, -0.15) is 0 Å². The summed E-state index contributed by atoms with van der Waals surface area (Å²) in [5.41, 5.74) is 1.83. The van der Waals surface area contributed by atoms with Crippen molar-refractivity contribution in [3.8, 4) is 34.1 Å². The van der Waals surface area contributed by atoms with Gasteiger partial charge in [-0.1, -0.05) is 18.2 Å². The maximum Gasteiger partial charge on any atom is 0.249 e. The average molecular weight is 341 g/mol. The van der Waals surface area contributed by atoms with Gasteiger partial charge in [0, 0.05) is 23.3 Å². The standard InChI is InChI=1S/C19H19NO5/c1-22-14-8-6-5-7-11(14)12-9-16(21)20-13-10-15(23-2)18(24-3)19(25-4)17(12)13/h5-10H,1-4H3,(H,20,21). The summed E-state index contributed by atoms with van der Waals surface area (Å²) in [5, 5.41) is 0.712. The number of hydrogen-bond acceptors (Lipinski definition) is 5. The van der Waals surface area contributed by atoms with Gasteiger partial charge >= 0.3 is 0 Å².